The number of amides is 1. The molecule has 1 saturated heterocycles. The highest BCUT2D eigenvalue weighted by Crippen LogP contribution is 2.15. The van der Waals surface area contributed by atoms with Gasteiger partial charge in [0.05, 0.1) is 13.7 Å². The summed E-state index contributed by atoms with van der Waals surface area (Å²) < 4.78 is 0. The Labute approximate surface area is 60.1 Å². The fourth-order valence-corrected chi connectivity index (χ4v) is 1.08. The fourth-order valence-electron chi connectivity index (χ4n) is 1.08. The van der Waals surface area contributed by atoms with Gasteiger partial charge in [0.15, 0.2) is 0 Å². The van der Waals surface area contributed by atoms with Gasteiger partial charge >= 0.3 is 0 Å². The minimum atomic E-state index is -0.355. The number of carbonyl (C=O) groups excluding carboxylic acids is 1. The summed E-state index contributed by atoms with van der Waals surface area (Å²) in [6, 6.07) is 0. The van der Waals surface area contributed by atoms with Crippen LogP contribution in [-0.4, -0.2) is 30.3 Å². The molecule has 0 saturated carbocycles. The zero-order valence-corrected chi connectivity index (χ0v) is 6.47. The van der Waals surface area contributed by atoms with E-state index in [0.717, 1.165) is 0 Å². The third-order valence-corrected chi connectivity index (χ3v) is 1.59. The molecule has 1 aliphatic rings. The van der Waals surface area contributed by atoms with E-state index >= 15 is 0 Å². The Morgan fingerprint density at radius 1 is 1.70 bits per heavy atom. The average Bonchev–Trinajstić information content (AvgIpc) is 2.07. The van der Waals surface area contributed by atoms with Gasteiger partial charge in [0.25, 0.3) is 5.91 Å². The van der Waals surface area contributed by atoms with Crippen LogP contribution < -0.4 is 5.32 Å². The van der Waals surface area contributed by atoms with Gasteiger partial charge in [0.1, 0.15) is 5.66 Å². The van der Waals surface area contributed by atoms with E-state index in [4.69, 9.17) is 4.84 Å². The first kappa shape index (κ1) is 7.50. The number of nitrogens with one attached hydrogen (secondary N) is 1. The maximum atomic E-state index is 11.0. The summed E-state index contributed by atoms with van der Waals surface area (Å²) in [6.07, 6.45) is 0. The summed E-state index contributed by atoms with van der Waals surface area (Å²) in [5.41, 5.74) is -0.355. The Kier molecular flexibility index (Phi) is 1.66. The molecule has 4 heteroatoms. The molecule has 1 fully saturated rings. The molecule has 0 aromatic carbocycles. The van der Waals surface area contributed by atoms with Crippen LogP contribution in [0.3, 0.4) is 0 Å². The lowest BCUT2D eigenvalue weighted by atomic mass is 10.3. The molecule has 1 amide bonds. The molecule has 1 aliphatic heterocycles. The smallest absolute Gasteiger partial charge is 0.261 e. The van der Waals surface area contributed by atoms with Crippen LogP contribution in [0.2, 0.25) is 0 Å². The van der Waals surface area contributed by atoms with E-state index in [9.17, 15) is 4.79 Å². The molecule has 1 N–H and O–H groups in total. The first-order valence-corrected chi connectivity index (χ1v) is 3.20. The minimum absolute atomic E-state index is 0.0208. The summed E-state index contributed by atoms with van der Waals surface area (Å²) in [6.45, 7) is 4.14. The zero-order chi connectivity index (χ0) is 7.78. The third kappa shape index (κ3) is 0.998. The summed E-state index contributed by atoms with van der Waals surface area (Å²) in [5, 5.41) is 4.34. The third-order valence-electron chi connectivity index (χ3n) is 1.59. The van der Waals surface area contributed by atoms with Crippen molar-refractivity contribution in [2.24, 2.45) is 0 Å². The first-order chi connectivity index (χ1) is 4.58. The number of hydroxylamine groups is 2. The molecule has 10 heavy (non-hydrogen) atoms. The highest BCUT2D eigenvalue weighted by Gasteiger charge is 2.37. The molecular formula is C6H12N2O2. The summed E-state index contributed by atoms with van der Waals surface area (Å²) in [4.78, 5) is 15.8. The lowest BCUT2D eigenvalue weighted by Gasteiger charge is -2.27. The van der Waals surface area contributed by atoms with Gasteiger partial charge in [-0.15, -0.1) is 0 Å². The van der Waals surface area contributed by atoms with Gasteiger partial charge in [-0.25, -0.2) is 5.06 Å². The highest BCUT2D eigenvalue weighted by atomic mass is 16.7. The molecule has 0 unspecified atom stereocenters. The van der Waals surface area contributed by atoms with Crippen molar-refractivity contribution in [3.8, 4) is 0 Å². The van der Waals surface area contributed by atoms with Crippen LogP contribution >= 0.6 is 0 Å². The van der Waals surface area contributed by atoms with Crippen LogP contribution in [0, 0.1) is 0 Å². The Balaban J connectivity index is 2.73. The molecule has 0 bridgehead atoms. The van der Waals surface area contributed by atoms with E-state index in [1.54, 1.807) is 0 Å². The van der Waals surface area contributed by atoms with Gasteiger partial charge in [-0.2, -0.15) is 0 Å². The summed E-state index contributed by atoms with van der Waals surface area (Å²) >= 11 is 0. The van der Waals surface area contributed by atoms with E-state index in [1.165, 1.54) is 12.2 Å². The van der Waals surface area contributed by atoms with Crippen molar-refractivity contribution in [1.82, 2.24) is 10.4 Å². The molecule has 0 aliphatic carbocycles. The van der Waals surface area contributed by atoms with Gasteiger partial charge in [0.2, 0.25) is 0 Å². The number of carbonyl (C=O) groups is 1. The summed E-state index contributed by atoms with van der Waals surface area (Å²) in [7, 11) is 1.49. The number of hydrogen-bond acceptors (Lipinski definition) is 3. The Morgan fingerprint density at radius 2 is 2.30 bits per heavy atom. The lowest BCUT2D eigenvalue weighted by Crippen LogP contribution is -2.46. The molecule has 1 rings (SSSR count). The van der Waals surface area contributed by atoms with Crippen molar-refractivity contribution in [1.29, 1.82) is 0 Å². The van der Waals surface area contributed by atoms with E-state index in [-0.39, 0.29) is 11.6 Å². The standard InChI is InChI=1S/C6H12N2O2/c1-6(2)7-4-5(9)8(6)10-3/h7H,4H2,1-3H3. The number of nitrogens with zero attached hydrogens (tertiary/aromatic N) is 1. The van der Waals surface area contributed by atoms with Gasteiger partial charge in [-0.3, -0.25) is 14.9 Å². The second kappa shape index (κ2) is 2.21. The largest absolute Gasteiger partial charge is 0.284 e. The SMILES string of the molecule is CON1C(=O)CNC1(C)C. The Morgan fingerprint density at radius 3 is 2.50 bits per heavy atom. The van der Waals surface area contributed by atoms with Crippen molar-refractivity contribution in [2.75, 3.05) is 13.7 Å². The normalized spacial score (nSPS) is 23.9. The van der Waals surface area contributed by atoms with Gasteiger partial charge in [-0.1, -0.05) is 0 Å². The van der Waals surface area contributed by atoms with E-state index in [1.807, 2.05) is 13.8 Å². The molecule has 0 aromatic heterocycles. The maximum absolute atomic E-state index is 11.0. The van der Waals surface area contributed by atoms with Crippen LogP contribution in [0.1, 0.15) is 13.8 Å². The van der Waals surface area contributed by atoms with Crippen molar-refractivity contribution < 1.29 is 9.63 Å². The van der Waals surface area contributed by atoms with Crippen molar-refractivity contribution in [3.05, 3.63) is 0 Å². The van der Waals surface area contributed by atoms with E-state index in [2.05, 4.69) is 5.32 Å². The predicted molar refractivity (Wildman–Crippen MR) is 35.9 cm³/mol. The molecule has 0 spiro atoms. The molecule has 0 atom stereocenters. The van der Waals surface area contributed by atoms with Gasteiger partial charge in [0, 0.05) is 0 Å². The second-order valence-electron chi connectivity index (χ2n) is 2.78. The topological polar surface area (TPSA) is 41.6 Å². The highest BCUT2D eigenvalue weighted by molar-refractivity contribution is 5.80. The molecule has 58 valence electrons. The quantitative estimate of drug-likeness (QED) is 0.550. The Hall–Kier alpha value is -0.610. The fraction of sp³-hybridized carbons (Fsp3) is 0.833. The minimum Gasteiger partial charge on any atom is -0.284 e. The van der Waals surface area contributed by atoms with E-state index < -0.39 is 0 Å². The van der Waals surface area contributed by atoms with Crippen LogP contribution in [0.4, 0.5) is 0 Å². The monoisotopic (exact) mass is 144 g/mol. The van der Waals surface area contributed by atoms with Gasteiger partial charge < -0.3 is 0 Å². The zero-order valence-electron chi connectivity index (χ0n) is 6.47. The van der Waals surface area contributed by atoms with Crippen molar-refractivity contribution in [2.45, 2.75) is 19.5 Å². The van der Waals surface area contributed by atoms with Crippen molar-refractivity contribution >= 4 is 5.91 Å². The second-order valence-corrected chi connectivity index (χ2v) is 2.78. The average molecular weight is 144 g/mol. The molecule has 1 heterocycles. The molecule has 0 aromatic rings. The number of rotatable bonds is 1. The maximum Gasteiger partial charge on any atom is 0.261 e. The molecule has 4 nitrogen and oxygen atoms in total. The summed E-state index contributed by atoms with van der Waals surface area (Å²) in [5.74, 6) is -0.0208. The number of hydrogen-bond donors (Lipinski definition) is 1. The van der Waals surface area contributed by atoms with E-state index in [0.29, 0.717) is 6.54 Å². The predicted octanol–water partition coefficient (Wildman–Crippen LogP) is -0.284. The molecule has 0 radical (unpaired) electrons. The van der Waals surface area contributed by atoms with Crippen LogP contribution in [-0.2, 0) is 9.63 Å². The van der Waals surface area contributed by atoms with Crippen molar-refractivity contribution in [3.63, 3.8) is 0 Å². The van der Waals surface area contributed by atoms with Crippen LogP contribution in [0.15, 0.2) is 0 Å². The molecular weight excluding hydrogens is 132 g/mol. The van der Waals surface area contributed by atoms with Crippen LogP contribution in [0.25, 0.3) is 0 Å². The van der Waals surface area contributed by atoms with Crippen LogP contribution in [0.5, 0.6) is 0 Å². The lowest BCUT2D eigenvalue weighted by molar-refractivity contribution is -0.191. The first-order valence-electron chi connectivity index (χ1n) is 3.20. The Bertz CT molecular complexity index is 156. The van der Waals surface area contributed by atoms with Gasteiger partial charge in [-0.05, 0) is 13.8 Å².